The Morgan fingerprint density at radius 1 is 1.00 bits per heavy atom. The van der Waals surface area contributed by atoms with Crippen molar-refractivity contribution in [3.8, 4) is 0 Å². The van der Waals surface area contributed by atoms with Crippen LogP contribution in [0.3, 0.4) is 0 Å². The molecule has 3 N–H and O–H groups in total. The summed E-state index contributed by atoms with van der Waals surface area (Å²) in [7, 11) is -0.614. The Morgan fingerprint density at radius 3 is 2.35 bits per heavy atom. The van der Waals surface area contributed by atoms with Gasteiger partial charge in [0.2, 0.25) is 0 Å². The topological polar surface area (TPSA) is 98.0 Å². The lowest BCUT2D eigenvalue weighted by Gasteiger charge is -2.11. The maximum Gasteiger partial charge on any atom is 0.416 e. The van der Waals surface area contributed by atoms with Crippen LogP contribution in [0.15, 0.2) is 58.5 Å². The molecule has 34 heavy (non-hydrogen) atoms. The van der Waals surface area contributed by atoms with Gasteiger partial charge in [-0.1, -0.05) is 24.3 Å². The molecule has 1 aromatic heterocycles. The number of aryl methyl sites for hydroxylation is 3. The van der Waals surface area contributed by atoms with Crippen molar-refractivity contribution in [3.05, 3.63) is 82.0 Å². The van der Waals surface area contributed by atoms with Crippen LogP contribution >= 0.6 is 0 Å². The van der Waals surface area contributed by atoms with E-state index >= 15 is 0 Å². The third kappa shape index (κ3) is 6.94. The average molecular weight is 493 g/mol. The summed E-state index contributed by atoms with van der Waals surface area (Å²) in [6.07, 6.45) is -3.98. The molecule has 1 heterocycles. The van der Waals surface area contributed by atoms with Gasteiger partial charge < -0.3 is 11.1 Å². The second kappa shape index (κ2) is 11.8. The molecule has 0 aliphatic carbocycles. The first-order valence-corrected chi connectivity index (χ1v) is 11.6. The average Bonchev–Trinajstić information content (AvgIpc) is 2.81. The molecule has 0 fully saturated rings. The van der Waals surface area contributed by atoms with Crippen molar-refractivity contribution in [1.29, 1.82) is 0 Å². The van der Waals surface area contributed by atoms with Crippen molar-refractivity contribution in [2.45, 2.75) is 43.3 Å². The molecule has 0 spiro atoms. The first kappa shape index (κ1) is 27.1. The molecule has 6 nitrogen and oxygen atoms in total. The van der Waals surface area contributed by atoms with Crippen LogP contribution in [0.2, 0.25) is 0 Å². The highest BCUT2D eigenvalue weighted by atomic mass is 32.2. The van der Waals surface area contributed by atoms with E-state index in [2.05, 4.69) is 21.2 Å². The lowest BCUT2D eigenvalue weighted by atomic mass is 10.0. The minimum atomic E-state index is -4.58. The van der Waals surface area contributed by atoms with Gasteiger partial charge in [0.05, 0.1) is 16.8 Å². The number of nitrogens with one attached hydrogen (secondary N) is 1. The highest BCUT2D eigenvalue weighted by molar-refractivity contribution is 7.85. The zero-order chi connectivity index (χ0) is 25.5. The molecular formula is C24H27F3N4O2S. The van der Waals surface area contributed by atoms with Crippen molar-refractivity contribution >= 4 is 16.7 Å². The van der Waals surface area contributed by atoms with Crippen LogP contribution in [0.4, 0.5) is 13.2 Å². The van der Waals surface area contributed by atoms with Crippen LogP contribution in [0, 0.1) is 20.8 Å². The second-order valence-electron chi connectivity index (χ2n) is 7.42. The number of carbonyl (C=O) groups is 1. The Hall–Kier alpha value is -3.11. The van der Waals surface area contributed by atoms with Crippen LogP contribution in [0.5, 0.6) is 0 Å². The Labute approximate surface area is 199 Å². The standard InChI is InChI=1S/C23H22F3N3O2S.CH5N/c1-14-7-8-17(11-15(14)2)9-10-27-21(30)20-12-16(3)28-29-22(20)32(31)19-6-4-5-18(13-19)23(24,25)26;1-2/h4-8,11-13H,9-10H2,1-3H3,(H,27,30);2H2,1H3/t32-;/m1./s1. The number of hydrogen-bond acceptors (Lipinski definition) is 5. The van der Waals surface area contributed by atoms with E-state index in [1.165, 1.54) is 30.8 Å². The molecule has 3 rings (SSSR count). The number of amides is 1. The van der Waals surface area contributed by atoms with Crippen molar-refractivity contribution in [2.24, 2.45) is 5.73 Å². The van der Waals surface area contributed by atoms with Crippen LogP contribution in [0.25, 0.3) is 0 Å². The van der Waals surface area contributed by atoms with Crippen molar-refractivity contribution < 1.29 is 22.2 Å². The van der Waals surface area contributed by atoms with Gasteiger partial charge >= 0.3 is 6.18 Å². The predicted molar refractivity (Wildman–Crippen MR) is 125 cm³/mol. The molecule has 3 aromatic rings. The van der Waals surface area contributed by atoms with E-state index < -0.39 is 28.4 Å². The first-order chi connectivity index (χ1) is 16.1. The summed E-state index contributed by atoms with van der Waals surface area (Å²) in [5.74, 6) is -0.512. The number of benzene rings is 2. The summed E-state index contributed by atoms with van der Waals surface area (Å²) in [4.78, 5) is 12.7. The lowest BCUT2D eigenvalue weighted by Crippen LogP contribution is -2.27. The van der Waals surface area contributed by atoms with Gasteiger partial charge in [-0.25, -0.2) is 4.21 Å². The molecule has 0 bridgehead atoms. The third-order valence-corrected chi connectivity index (χ3v) is 6.28. The minimum absolute atomic E-state index is 0.0216. The van der Waals surface area contributed by atoms with Crippen LogP contribution < -0.4 is 11.1 Å². The number of hydrogen-bond donors (Lipinski definition) is 2. The smallest absolute Gasteiger partial charge is 0.352 e. The van der Waals surface area contributed by atoms with Gasteiger partial charge in [-0.15, -0.1) is 5.10 Å². The van der Waals surface area contributed by atoms with E-state index in [9.17, 15) is 22.2 Å². The number of nitrogens with two attached hydrogens (primary N) is 1. The predicted octanol–water partition coefficient (Wildman–Crippen LogP) is 4.13. The molecule has 1 amide bonds. The first-order valence-electron chi connectivity index (χ1n) is 10.4. The van der Waals surface area contributed by atoms with E-state index in [1.54, 1.807) is 6.92 Å². The second-order valence-corrected chi connectivity index (χ2v) is 8.82. The van der Waals surface area contributed by atoms with Gasteiger partial charge in [-0.3, -0.25) is 4.79 Å². The summed E-state index contributed by atoms with van der Waals surface area (Å²) < 4.78 is 52.1. The van der Waals surface area contributed by atoms with Crippen LogP contribution in [-0.4, -0.2) is 33.9 Å². The highest BCUT2D eigenvalue weighted by Crippen LogP contribution is 2.31. The fourth-order valence-electron chi connectivity index (χ4n) is 3.05. The third-order valence-electron chi connectivity index (χ3n) is 4.95. The molecule has 2 aromatic carbocycles. The molecule has 0 saturated heterocycles. The molecular weight excluding hydrogens is 465 g/mol. The van der Waals surface area contributed by atoms with Crippen molar-refractivity contribution in [1.82, 2.24) is 15.5 Å². The highest BCUT2D eigenvalue weighted by Gasteiger charge is 2.31. The Bertz CT molecular complexity index is 1180. The van der Waals surface area contributed by atoms with E-state index in [-0.39, 0.29) is 15.5 Å². The zero-order valence-corrected chi connectivity index (χ0v) is 20.2. The van der Waals surface area contributed by atoms with E-state index in [0.717, 1.165) is 23.3 Å². The van der Waals surface area contributed by atoms with Crippen molar-refractivity contribution in [3.63, 3.8) is 0 Å². The summed E-state index contributed by atoms with van der Waals surface area (Å²) in [5, 5.41) is 10.3. The Balaban J connectivity index is 0.00000199. The molecule has 10 heteroatoms. The summed E-state index contributed by atoms with van der Waals surface area (Å²) in [5.41, 5.74) is 7.41. The zero-order valence-electron chi connectivity index (χ0n) is 19.4. The summed E-state index contributed by atoms with van der Waals surface area (Å²) in [6.45, 7) is 5.98. The number of alkyl halides is 3. The van der Waals surface area contributed by atoms with E-state index in [4.69, 9.17) is 0 Å². The molecule has 1 atom stereocenters. The number of aromatic nitrogens is 2. The molecule has 0 saturated carbocycles. The molecule has 182 valence electrons. The Kier molecular flexibility index (Phi) is 9.46. The number of nitrogens with zero attached hydrogens (tertiary/aromatic N) is 2. The van der Waals surface area contributed by atoms with Gasteiger partial charge in [0.1, 0.15) is 10.8 Å². The fraction of sp³-hybridized carbons (Fsp3) is 0.292. The normalized spacial score (nSPS) is 11.9. The number of carbonyl (C=O) groups excluding carboxylic acids is 1. The van der Waals surface area contributed by atoms with Gasteiger partial charge in [-0.05, 0) is 75.2 Å². The lowest BCUT2D eigenvalue weighted by molar-refractivity contribution is -0.137. The van der Waals surface area contributed by atoms with E-state index in [1.807, 2.05) is 32.0 Å². The molecule has 0 radical (unpaired) electrons. The van der Waals surface area contributed by atoms with Crippen LogP contribution in [0.1, 0.15) is 38.3 Å². The molecule has 0 unspecified atom stereocenters. The minimum Gasteiger partial charge on any atom is -0.352 e. The molecule has 0 aliphatic heterocycles. The van der Waals surface area contributed by atoms with Gasteiger partial charge in [0.25, 0.3) is 5.91 Å². The summed E-state index contributed by atoms with van der Waals surface area (Å²) in [6, 6.07) is 11.6. The largest absolute Gasteiger partial charge is 0.416 e. The van der Waals surface area contributed by atoms with Gasteiger partial charge in [0, 0.05) is 11.4 Å². The van der Waals surface area contributed by atoms with Crippen molar-refractivity contribution in [2.75, 3.05) is 13.6 Å². The van der Waals surface area contributed by atoms with Crippen LogP contribution in [-0.2, 0) is 23.4 Å². The van der Waals surface area contributed by atoms with Gasteiger partial charge in [-0.2, -0.15) is 18.3 Å². The maximum absolute atomic E-state index is 13.0. The SMILES string of the molecule is CN.Cc1cc(C(=O)NCCc2ccc(C)c(C)c2)c([S@](=O)c2cccc(C(F)(F)F)c2)nn1. The van der Waals surface area contributed by atoms with Gasteiger partial charge in [0.15, 0.2) is 5.03 Å². The number of rotatable bonds is 6. The summed E-state index contributed by atoms with van der Waals surface area (Å²) >= 11 is 0. The monoisotopic (exact) mass is 492 g/mol. The van der Waals surface area contributed by atoms with E-state index in [0.29, 0.717) is 18.7 Å². The molecule has 0 aliphatic rings. The maximum atomic E-state index is 13.0. The Morgan fingerprint density at radius 2 is 1.71 bits per heavy atom. The quantitative estimate of drug-likeness (QED) is 0.539. The fourth-order valence-corrected chi connectivity index (χ4v) is 4.18. The number of halogens is 3.